The molecule has 0 spiro atoms. The predicted molar refractivity (Wildman–Crippen MR) is 74.7 cm³/mol. The van der Waals surface area contributed by atoms with E-state index in [0.717, 1.165) is 11.3 Å². The fourth-order valence-electron chi connectivity index (χ4n) is 2.52. The van der Waals surface area contributed by atoms with Gasteiger partial charge in [0.15, 0.2) is 0 Å². The molecular formula is C15H13ClN2O2. The Morgan fingerprint density at radius 1 is 1.30 bits per heavy atom. The van der Waals surface area contributed by atoms with Crippen molar-refractivity contribution < 1.29 is 9.53 Å². The lowest BCUT2D eigenvalue weighted by Gasteiger charge is -2.12. The molecule has 0 saturated carbocycles. The highest BCUT2D eigenvalue weighted by Gasteiger charge is 2.34. The largest absolute Gasteiger partial charge is 0.452 e. The third-order valence-electron chi connectivity index (χ3n) is 3.49. The summed E-state index contributed by atoms with van der Waals surface area (Å²) in [6.45, 7) is 2.03. The average Bonchev–Trinajstić information content (AvgIpc) is 2.77. The van der Waals surface area contributed by atoms with Crippen LogP contribution in [0.3, 0.4) is 0 Å². The summed E-state index contributed by atoms with van der Waals surface area (Å²) in [7, 11) is 0. The maximum atomic E-state index is 12.1. The first kappa shape index (κ1) is 13.1. The lowest BCUT2D eigenvalue weighted by molar-refractivity contribution is 0.0284. The molecule has 20 heavy (non-hydrogen) atoms. The molecule has 1 aliphatic rings. The van der Waals surface area contributed by atoms with E-state index in [2.05, 4.69) is 9.97 Å². The number of nitrogens with zero attached hydrogens (tertiary/aromatic N) is 2. The Morgan fingerprint density at radius 2 is 2.05 bits per heavy atom. The van der Waals surface area contributed by atoms with Gasteiger partial charge in [-0.3, -0.25) is 0 Å². The molecule has 0 N–H and O–H groups in total. The van der Waals surface area contributed by atoms with Crippen molar-refractivity contribution in [2.45, 2.75) is 25.4 Å². The quantitative estimate of drug-likeness (QED) is 0.626. The Hall–Kier alpha value is -1.94. The van der Waals surface area contributed by atoms with E-state index in [1.807, 2.05) is 13.0 Å². The summed E-state index contributed by atoms with van der Waals surface area (Å²) in [6, 6.07) is 8.93. The summed E-state index contributed by atoms with van der Waals surface area (Å²) in [6.07, 6.45) is 1.74. The summed E-state index contributed by atoms with van der Waals surface area (Å²) in [4.78, 5) is 20.3. The smallest absolute Gasteiger partial charge is 0.338 e. The van der Waals surface area contributed by atoms with Gasteiger partial charge in [0.05, 0.1) is 11.3 Å². The van der Waals surface area contributed by atoms with E-state index >= 15 is 0 Å². The second-order valence-corrected chi connectivity index (χ2v) is 5.22. The minimum atomic E-state index is -0.354. The molecule has 1 aliphatic carbocycles. The Labute approximate surface area is 121 Å². The van der Waals surface area contributed by atoms with Gasteiger partial charge in [-0.2, -0.15) is 0 Å². The fourth-order valence-corrected chi connectivity index (χ4v) is 2.85. The number of rotatable bonds is 2. The average molecular weight is 289 g/mol. The zero-order chi connectivity index (χ0) is 14.1. The Kier molecular flexibility index (Phi) is 3.40. The van der Waals surface area contributed by atoms with E-state index in [0.29, 0.717) is 17.1 Å². The zero-order valence-corrected chi connectivity index (χ0v) is 11.7. The molecule has 1 heterocycles. The number of hydrogen-bond donors (Lipinski definition) is 0. The summed E-state index contributed by atoms with van der Waals surface area (Å²) in [5.41, 5.74) is 2.15. The van der Waals surface area contributed by atoms with Crippen molar-refractivity contribution in [1.82, 2.24) is 9.97 Å². The standard InChI is InChI=1S/C15H13ClN2O2/c1-9-7-11(13-12(9)14(16)18-8-17-13)20-15(19)10-5-3-2-4-6-10/h2-6,8-9,11H,7H2,1H3/t9-,11?/m1/s1. The Morgan fingerprint density at radius 3 is 2.80 bits per heavy atom. The van der Waals surface area contributed by atoms with E-state index in [-0.39, 0.29) is 18.0 Å². The molecule has 1 aromatic heterocycles. The molecule has 0 fully saturated rings. The molecule has 5 heteroatoms. The van der Waals surface area contributed by atoms with E-state index in [9.17, 15) is 4.79 Å². The third-order valence-corrected chi connectivity index (χ3v) is 3.79. The van der Waals surface area contributed by atoms with Crippen LogP contribution >= 0.6 is 11.6 Å². The first-order valence-electron chi connectivity index (χ1n) is 6.43. The second kappa shape index (κ2) is 5.21. The van der Waals surface area contributed by atoms with Gasteiger partial charge in [0.2, 0.25) is 0 Å². The Bertz CT molecular complexity index is 646. The van der Waals surface area contributed by atoms with Crippen LogP contribution in [0.5, 0.6) is 0 Å². The number of aromatic nitrogens is 2. The molecule has 102 valence electrons. The van der Waals surface area contributed by atoms with Crippen molar-refractivity contribution in [2.24, 2.45) is 0 Å². The number of benzene rings is 1. The van der Waals surface area contributed by atoms with Gasteiger partial charge >= 0.3 is 5.97 Å². The molecule has 2 atom stereocenters. The van der Waals surface area contributed by atoms with Gasteiger partial charge in [-0.05, 0) is 24.5 Å². The molecule has 2 aromatic rings. The van der Waals surface area contributed by atoms with Crippen LogP contribution in [-0.4, -0.2) is 15.9 Å². The number of ether oxygens (including phenoxy) is 1. The van der Waals surface area contributed by atoms with Crippen LogP contribution in [0.2, 0.25) is 5.15 Å². The summed E-state index contributed by atoms with van der Waals surface area (Å²) in [5, 5.41) is 0.445. The van der Waals surface area contributed by atoms with Crippen molar-refractivity contribution in [2.75, 3.05) is 0 Å². The number of carbonyl (C=O) groups is 1. The first-order valence-corrected chi connectivity index (χ1v) is 6.81. The topological polar surface area (TPSA) is 52.1 Å². The monoisotopic (exact) mass is 288 g/mol. The van der Waals surface area contributed by atoms with Gasteiger partial charge in [-0.1, -0.05) is 36.7 Å². The van der Waals surface area contributed by atoms with Gasteiger partial charge in [-0.15, -0.1) is 0 Å². The molecule has 0 radical (unpaired) electrons. The van der Waals surface area contributed by atoms with Gasteiger partial charge in [0.1, 0.15) is 17.6 Å². The normalized spacial score (nSPS) is 20.5. The van der Waals surface area contributed by atoms with Crippen LogP contribution in [0.1, 0.15) is 47.0 Å². The molecular weight excluding hydrogens is 276 g/mol. The van der Waals surface area contributed by atoms with E-state index < -0.39 is 0 Å². The molecule has 4 nitrogen and oxygen atoms in total. The van der Waals surface area contributed by atoms with E-state index in [1.54, 1.807) is 24.3 Å². The van der Waals surface area contributed by atoms with Crippen LogP contribution in [0.4, 0.5) is 0 Å². The van der Waals surface area contributed by atoms with Crippen molar-refractivity contribution in [3.8, 4) is 0 Å². The number of fused-ring (bicyclic) bond motifs is 1. The molecule has 1 unspecified atom stereocenters. The van der Waals surface area contributed by atoms with Crippen LogP contribution in [-0.2, 0) is 4.74 Å². The van der Waals surface area contributed by atoms with E-state index in [1.165, 1.54) is 6.33 Å². The van der Waals surface area contributed by atoms with Crippen molar-refractivity contribution in [1.29, 1.82) is 0 Å². The number of hydrogen-bond acceptors (Lipinski definition) is 4. The van der Waals surface area contributed by atoms with Crippen LogP contribution in [0, 0.1) is 0 Å². The molecule has 1 aromatic carbocycles. The van der Waals surface area contributed by atoms with Crippen molar-refractivity contribution in [3.63, 3.8) is 0 Å². The highest BCUT2D eigenvalue weighted by Crippen LogP contribution is 2.43. The van der Waals surface area contributed by atoms with Crippen LogP contribution < -0.4 is 0 Å². The van der Waals surface area contributed by atoms with E-state index in [4.69, 9.17) is 16.3 Å². The SMILES string of the molecule is C[C@@H]1CC(OC(=O)c2ccccc2)c2ncnc(Cl)c21. The van der Waals surface area contributed by atoms with Gasteiger partial charge in [0, 0.05) is 5.56 Å². The summed E-state index contributed by atoms with van der Waals surface area (Å²) in [5.74, 6) is -0.155. The molecule has 3 rings (SSSR count). The van der Waals surface area contributed by atoms with Gasteiger partial charge in [-0.25, -0.2) is 14.8 Å². The van der Waals surface area contributed by atoms with Crippen LogP contribution in [0.25, 0.3) is 0 Å². The van der Waals surface area contributed by atoms with Crippen molar-refractivity contribution in [3.05, 3.63) is 58.6 Å². The molecule has 0 bridgehead atoms. The molecule has 0 saturated heterocycles. The molecule has 0 amide bonds. The zero-order valence-electron chi connectivity index (χ0n) is 10.9. The summed E-state index contributed by atoms with van der Waals surface area (Å²) >= 11 is 6.09. The first-order chi connectivity index (χ1) is 9.66. The number of carbonyl (C=O) groups excluding carboxylic acids is 1. The lowest BCUT2D eigenvalue weighted by atomic mass is 10.1. The number of esters is 1. The number of halogens is 1. The van der Waals surface area contributed by atoms with Crippen LogP contribution in [0.15, 0.2) is 36.7 Å². The summed E-state index contributed by atoms with van der Waals surface area (Å²) < 4.78 is 5.56. The maximum Gasteiger partial charge on any atom is 0.338 e. The highest BCUT2D eigenvalue weighted by molar-refractivity contribution is 6.30. The highest BCUT2D eigenvalue weighted by atomic mass is 35.5. The maximum absolute atomic E-state index is 12.1. The fraction of sp³-hybridized carbons (Fsp3) is 0.267. The minimum Gasteiger partial charge on any atom is -0.452 e. The predicted octanol–water partition coefficient (Wildman–Crippen LogP) is 3.54. The second-order valence-electron chi connectivity index (χ2n) is 4.86. The molecule has 0 aliphatic heterocycles. The Balaban J connectivity index is 1.85. The lowest BCUT2D eigenvalue weighted by Crippen LogP contribution is -2.10. The third kappa shape index (κ3) is 2.27. The van der Waals surface area contributed by atoms with Gasteiger partial charge < -0.3 is 4.74 Å². The van der Waals surface area contributed by atoms with Gasteiger partial charge in [0.25, 0.3) is 0 Å². The van der Waals surface area contributed by atoms with Crippen molar-refractivity contribution >= 4 is 17.6 Å². The minimum absolute atomic E-state index is 0.187.